The van der Waals surface area contributed by atoms with E-state index in [1.54, 1.807) is 6.08 Å². The number of benzene rings is 1. The van der Waals surface area contributed by atoms with Gasteiger partial charge in [-0.1, -0.05) is 31.9 Å². The van der Waals surface area contributed by atoms with Crippen molar-refractivity contribution in [2.75, 3.05) is 39.6 Å². The van der Waals surface area contributed by atoms with Crippen molar-refractivity contribution >= 4 is 29.0 Å². The number of morpholine rings is 1. The molecule has 2 fully saturated rings. The second kappa shape index (κ2) is 9.92. The average Bonchev–Trinajstić information content (AvgIpc) is 2.95. The second-order valence-corrected chi connectivity index (χ2v) is 7.60. The lowest BCUT2D eigenvalue weighted by molar-refractivity contribution is -0.125. The monoisotopic (exact) mass is 390 g/mol. The van der Waals surface area contributed by atoms with Gasteiger partial charge in [-0.3, -0.25) is 19.4 Å². The van der Waals surface area contributed by atoms with Crippen molar-refractivity contribution in [3.05, 3.63) is 34.7 Å². The summed E-state index contributed by atoms with van der Waals surface area (Å²) in [4.78, 5) is 28.7. The molecule has 0 N–H and O–H groups in total. The van der Waals surface area contributed by atoms with E-state index < -0.39 is 0 Å². The summed E-state index contributed by atoms with van der Waals surface area (Å²) in [7, 11) is 0. The van der Waals surface area contributed by atoms with Crippen molar-refractivity contribution in [2.24, 2.45) is 0 Å². The van der Waals surface area contributed by atoms with Crippen LogP contribution in [0.4, 0.5) is 4.79 Å². The normalized spacial score (nSPS) is 19.9. The molecule has 27 heavy (non-hydrogen) atoms. The Kier molecular flexibility index (Phi) is 7.32. The fourth-order valence-electron chi connectivity index (χ4n) is 2.92. The molecule has 2 saturated heterocycles. The number of thioether (sulfide) groups is 1. The van der Waals surface area contributed by atoms with E-state index >= 15 is 0 Å². The molecule has 0 spiro atoms. The first-order chi connectivity index (χ1) is 13.2. The average molecular weight is 391 g/mol. The molecule has 146 valence electrons. The number of ether oxygens (including phenoxy) is 2. The van der Waals surface area contributed by atoms with Gasteiger partial charge in [-0.15, -0.1) is 0 Å². The zero-order valence-corrected chi connectivity index (χ0v) is 16.5. The fraction of sp³-hybridized carbons (Fsp3) is 0.500. The summed E-state index contributed by atoms with van der Waals surface area (Å²) in [6.07, 6.45) is 5.15. The van der Waals surface area contributed by atoms with Gasteiger partial charge in [0.15, 0.2) is 0 Å². The summed E-state index contributed by atoms with van der Waals surface area (Å²) in [5, 5.41) is -0.214. The number of imide groups is 1. The highest BCUT2D eigenvalue weighted by Gasteiger charge is 2.36. The van der Waals surface area contributed by atoms with Crippen LogP contribution in [0.3, 0.4) is 0 Å². The van der Waals surface area contributed by atoms with E-state index in [1.807, 2.05) is 24.3 Å². The van der Waals surface area contributed by atoms with E-state index in [1.165, 1.54) is 17.7 Å². The number of hydrogen-bond acceptors (Lipinski definition) is 6. The van der Waals surface area contributed by atoms with Crippen molar-refractivity contribution < 1.29 is 19.1 Å². The molecule has 7 heteroatoms. The first kappa shape index (κ1) is 19.9. The van der Waals surface area contributed by atoms with E-state index in [0.29, 0.717) is 31.4 Å². The topological polar surface area (TPSA) is 59.1 Å². The lowest BCUT2D eigenvalue weighted by Crippen LogP contribution is -2.45. The predicted octanol–water partition coefficient (Wildman–Crippen LogP) is 3.58. The van der Waals surface area contributed by atoms with Crippen LogP contribution in [-0.4, -0.2) is 60.5 Å². The summed E-state index contributed by atoms with van der Waals surface area (Å²) in [6.45, 7) is 5.96. The summed E-state index contributed by atoms with van der Waals surface area (Å²) in [5.74, 6) is 0.597. The Labute approximate surface area is 164 Å². The largest absolute Gasteiger partial charge is 0.494 e. The molecule has 0 unspecified atom stereocenters. The van der Waals surface area contributed by atoms with Gasteiger partial charge in [0.05, 0.1) is 31.4 Å². The minimum atomic E-state index is -0.226. The number of nitrogens with zero attached hydrogens (tertiary/aromatic N) is 2. The molecular formula is C20H26N2O4S. The summed E-state index contributed by atoms with van der Waals surface area (Å²) >= 11 is 0.998. The second-order valence-electron chi connectivity index (χ2n) is 6.61. The maximum absolute atomic E-state index is 12.6. The van der Waals surface area contributed by atoms with Gasteiger partial charge < -0.3 is 9.47 Å². The Morgan fingerprint density at radius 3 is 2.59 bits per heavy atom. The lowest BCUT2D eigenvalue weighted by Gasteiger charge is -2.29. The molecule has 0 radical (unpaired) electrons. The van der Waals surface area contributed by atoms with Gasteiger partial charge in [-0.05, 0) is 42.0 Å². The third-order valence-corrected chi connectivity index (χ3v) is 5.42. The lowest BCUT2D eigenvalue weighted by atomic mass is 10.2. The molecule has 1 aromatic rings. The van der Waals surface area contributed by atoms with Crippen molar-refractivity contribution in [2.45, 2.75) is 26.2 Å². The Morgan fingerprint density at radius 2 is 1.89 bits per heavy atom. The van der Waals surface area contributed by atoms with Gasteiger partial charge in [0, 0.05) is 13.1 Å². The van der Waals surface area contributed by atoms with Crippen LogP contribution in [0.15, 0.2) is 29.2 Å². The maximum Gasteiger partial charge on any atom is 0.294 e. The van der Waals surface area contributed by atoms with Gasteiger partial charge in [0.2, 0.25) is 0 Å². The first-order valence-corrected chi connectivity index (χ1v) is 10.3. The van der Waals surface area contributed by atoms with Gasteiger partial charge in [-0.25, -0.2) is 0 Å². The standard InChI is InChI=1S/C20H26N2O4S/c1-2-3-4-11-26-17-7-5-16(6-8-17)14-18-19(23)22(20(24)27-18)15-21-9-12-25-13-10-21/h5-8,14H,2-4,9-13,15H2,1H3. The minimum Gasteiger partial charge on any atom is -0.494 e. The van der Waals surface area contributed by atoms with Crippen LogP contribution in [0.25, 0.3) is 6.08 Å². The molecule has 0 atom stereocenters. The van der Waals surface area contributed by atoms with E-state index in [9.17, 15) is 9.59 Å². The highest BCUT2D eigenvalue weighted by atomic mass is 32.2. The van der Waals surface area contributed by atoms with E-state index in [0.717, 1.165) is 42.6 Å². The fourth-order valence-corrected chi connectivity index (χ4v) is 3.75. The van der Waals surface area contributed by atoms with Gasteiger partial charge in [0.1, 0.15) is 5.75 Å². The van der Waals surface area contributed by atoms with E-state index in [2.05, 4.69) is 11.8 Å². The molecule has 0 aliphatic carbocycles. The quantitative estimate of drug-likeness (QED) is 0.499. The number of rotatable bonds is 8. The van der Waals surface area contributed by atoms with Crippen molar-refractivity contribution in [3.8, 4) is 5.75 Å². The van der Waals surface area contributed by atoms with Gasteiger partial charge in [-0.2, -0.15) is 0 Å². The SMILES string of the molecule is CCCCCOc1ccc(C=C2SC(=O)N(CN3CCOCC3)C2=O)cc1. The molecule has 0 aromatic heterocycles. The number of carbonyl (C=O) groups is 2. The molecule has 2 aliphatic heterocycles. The van der Waals surface area contributed by atoms with Crippen LogP contribution in [0.2, 0.25) is 0 Å². The van der Waals surface area contributed by atoms with Crippen molar-refractivity contribution in [1.29, 1.82) is 0 Å². The smallest absolute Gasteiger partial charge is 0.294 e. The molecule has 0 bridgehead atoms. The summed E-state index contributed by atoms with van der Waals surface area (Å²) < 4.78 is 11.0. The molecule has 6 nitrogen and oxygen atoms in total. The Balaban J connectivity index is 1.58. The zero-order valence-electron chi connectivity index (χ0n) is 15.7. The summed E-state index contributed by atoms with van der Waals surface area (Å²) in [6, 6.07) is 7.61. The van der Waals surface area contributed by atoms with Crippen LogP contribution >= 0.6 is 11.8 Å². The number of carbonyl (C=O) groups excluding carboxylic acids is 2. The third kappa shape index (κ3) is 5.57. The Bertz CT molecular complexity index is 684. The van der Waals surface area contributed by atoms with Crippen LogP contribution in [0.1, 0.15) is 31.7 Å². The Hall–Kier alpha value is -1.83. The van der Waals surface area contributed by atoms with E-state index in [4.69, 9.17) is 9.47 Å². The van der Waals surface area contributed by atoms with E-state index in [-0.39, 0.29) is 11.1 Å². The van der Waals surface area contributed by atoms with Crippen LogP contribution in [0.5, 0.6) is 5.75 Å². The molecule has 2 aliphatic rings. The minimum absolute atomic E-state index is 0.214. The highest BCUT2D eigenvalue weighted by Crippen LogP contribution is 2.32. The van der Waals surface area contributed by atoms with Gasteiger partial charge >= 0.3 is 0 Å². The van der Waals surface area contributed by atoms with Crippen molar-refractivity contribution in [3.63, 3.8) is 0 Å². The number of hydrogen-bond donors (Lipinski definition) is 0. The number of amides is 2. The highest BCUT2D eigenvalue weighted by molar-refractivity contribution is 8.18. The molecule has 3 rings (SSSR count). The third-order valence-electron chi connectivity index (χ3n) is 4.51. The molecule has 1 aromatic carbocycles. The summed E-state index contributed by atoms with van der Waals surface area (Å²) in [5.41, 5.74) is 0.882. The maximum atomic E-state index is 12.6. The van der Waals surface area contributed by atoms with Crippen molar-refractivity contribution in [1.82, 2.24) is 9.80 Å². The molecule has 2 heterocycles. The first-order valence-electron chi connectivity index (χ1n) is 9.45. The van der Waals surface area contributed by atoms with Crippen LogP contribution in [0, 0.1) is 0 Å². The van der Waals surface area contributed by atoms with Crippen LogP contribution < -0.4 is 4.74 Å². The molecule has 2 amide bonds. The predicted molar refractivity (Wildman–Crippen MR) is 107 cm³/mol. The zero-order chi connectivity index (χ0) is 19.1. The van der Waals surface area contributed by atoms with Gasteiger partial charge in [0.25, 0.3) is 11.1 Å². The molecule has 0 saturated carbocycles. The van der Waals surface area contributed by atoms with Crippen LogP contribution in [-0.2, 0) is 9.53 Å². The molecular weight excluding hydrogens is 364 g/mol. The Morgan fingerprint density at radius 1 is 1.15 bits per heavy atom. The number of unbranched alkanes of at least 4 members (excludes halogenated alkanes) is 2.